The van der Waals surface area contributed by atoms with Crippen molar-refractivity contribution >= 4 is 11.9 Å². The number of ether oxygens (including phenoxy) is 1. The Labute approximate surface area is 147 Å². The fourth-order valence-electron chi connectivity index (χ4n) is 3.74. The van der Waals surface area contributed by atoms with Crippen molar-refractivity contribution in [3.05, 3.63) is 59.7 Å². The Morgan fingerprint density at radius 2 is 1.60 bits per heavy atom. The lowest BCUT2D eigenvalue weighted by Gasteiger charge is -2.20. The molecule has 1 N–H and O–H groups in total. The topological polar surface area (TPSA) is 55.4 Å². The van der Waals surface area contributed by atoms with E-state index in [-0.39, 0.29) is 17.8 Å². The highest BCUT2D eigenvalue weighted by Crippen LogP contribution is 2.44. The van der Waals surface area contributed by atoms with E-state index >= 15 is 0 Å². The lowest BCUT2D eigenvalue weighted by Crippen LogP contribution is -2.43. The first-order valence-electron chi connectivity index (χ1n) is 8.75. The summed E-state index contributed by atoms with van der Waals surface area (Å²) in [7, 11) is 1.37. The fraction of sp³-hybridized carbons (Fsp3) is 0.333. The van der Waals surface area contributed by atoms with Crippen molar-refractivity contribution < 1.29 is 14.3 Å². The molecule has 1 saturated carbocycles. The average Bonchev–Trinajstić information content (AvgIpc) is 3.39. The van der Waals surface area contributed by atoms with Crippen molar-refractivity contribution in [2.45, 2.75) is 31.2 Å². The maximum atomic E-state index is 13.1. The highest BCUT2D eigenvalue weighted by atomic mass is 16.5. The number of rotatable bonds is 5. The van der Waals surface area contributed by atoms with E-state index in [4.69, 9.17) is 4.74 Å². The third-order valence-corrected chi connectivity index (χ3v) is 5.16. The zero-order valence-electron chi connectivity index (χ0n) is 14.2. The van der Waals surface area contributed by atoms with Gasteiger partial charge in [0, 0.05) is 0 Å². The van der Waals surface area contributed by atoms with Crippen molar-refractivity contribution in [3.8, 4) is 11.1 Å². The molecule has 1 fully saturated rings. The molecular weight excluding hydrogens is 314 g/mol. The molecule has 4 nitrogen and oxygen atoms in total. The van der Waals surface area contributed by atoms with Crippen LogP contribution in [0.4, 0.5) is 0 Å². The van der Waals surface area contributed by atoms with Gasteiger partial charge < -0.3 is 10.1 Å². The molecule has 0 spiro atoms. The van der Waals surface area contributed by atoms with Gasteiger partial charge in [-0.05, 0) is 34.6 Å². The molecule has 128 valence electrons. The normalized spacial score (nSPS) is 16.7. The summed E-state index contributed by atoms with van der Waals surface area (Å²) in [4.78, 5) is 25.2. The predicted octanol–water partition coefficient (Wildman–Crippen LogP) is 3.26. The molecule has 4 heteroatoms. The molecule has 25 heavy (non-hydrogen) atoms. The van der Waals surface area contributed by atoms with Crippen LogP contribution >= 0.6 is 0 Å². The van der Waals surface area contributed by atoms with Gasteiger partial charge in [0.2, 0.25) is 5.91 Å². The number of methoxy groups -OCH3 is 1. The summed E-state index contributed by atoms with van der Waals surface area (Å²) in [6.45, 7) is 0. The molecule has 0 heterocycles. The molecular formula is C21H21NO3. The van der Waals surface area contributed by atoms with Crippen LogP contribution in [0.5, 0.6) is 0 Å². The van der Waals surface area contributed by atoms with E-state index in [9.17, 15) is 9.59 Å². The van der Waals surface area contributed by atoms with Crippen LogP contribution in [0.15, 0.2) is 48.5 Å². The van der Waals surface area contributed by atoms with Gasteiger partial charge >= 0.3 is 5.97 Å². The minimum Gasteiger partial charge on any atom is -0.467 e. The van der Waals surface area contributed by atoms with Gasteiger partial charge in [-0.2, -0.15) is 0 Å². The first-order valence-corrected chi connectivity index (χ1v) is 8.75. The largest absolute Gasteiger partial charge is 0.467 e. The van der Waals surface area contributed by atoms with Crippen LogP contribution in [0, 0.1) is 5.92 Å². The van der Waals surface area contributed by atoms with Crippen molar-refractivity contribution in [2.24, 2.45) is 5.92 Å². The van der Waals surface area contributed by atoms with Gasteiger partial charge in [-0.25, -0.2) is 4.79 Å². The van der Waals surface area contributed by atoms with E-state index in [0.29, 0.717) is 12.3 Å². The number of esters is 1. The Morgan fingerprint density at radius 3 is 2.12 bits per heavy atom. The first-order chi connectivity index (χ1) is 12.2. The van der Waals surface area contributed by atoms with Gasteiger partial charge in [-0.15, -0.1) is 0 Å². The highest BCUT2D eigenvalue weighted by Gasteiger charge is 2.37. The number of hydrogen-bond donors (Lipinski definition) is 1. The number of benzene rings is 2. The zero-order valence-corrected chi connectivity index (χ0v) is 14.2. The molecule has 0 aromatic heterocycles. The number of carbonyl (C=O) groups is 2. The van der Waals surface area contributed by atoms with Crippen LogP contribution in [0.2, 0.25) is 0 Å². The van der Waals surface area contributed by atoms with E-state index in [2.05, 4.69) is 5.32 Å². The van der Waals surface area contributed by atoms with Gasteiger partial charge in [-0.3, -0.25) is 4.79 Å². The molecule has 2 aromatic rings. The lowest BCUT2D eigenvalue weighted by atomic mass is 9.95. The molecule has 0 aliphatic heterocycles. The number of amides is 1. The van der Waals surface area contributed by atoms with Crippen molar-refractivity contribution in [1.29, 1.82) is 0 Å². The summed E-state index contributed by atoms with van der Waals surface area (Å²) in [5.74, 6) is -0.348. The Balaban J connectivity index is 1.64. The van der Waals surface area contributed by atoms with E-state index in [1.807, 2.05) is 48.5 Å². The summed E-state index contributed by atoms with van der Waals surface area (Å²) < 4.78 is 4.89. The van der Waals surface area contributed by atoms with Crippen LogP contribution in [-0.2, 0) is 14.3 Å². The molecule has 1 atom stereocenters. The molecule has 0 saturated heterocycles. The van der Waals surface area contributed by atoms with Crippen molar-refractivity contribution in [2.75, 3.05) is 7.11 Å². The Kier molecular flexibility index (Phi) is 4.04. The average molecular weight is 335 g/mol. The van der Waals surface area contributed by atoms with Crippen LogP contribution in [0.25, 0.3) is 11.1 Å². The zero-order chi connectivity index (χ0) is 17.4. The molecule has 2 aromatic carbocycles. The second kappa shape index (κ2) is 6.36. The second-order valence-electron chi connectivity index (χ2n) is 6.87. The van der Waals surface area contributed by atoms with Crippen LogP contribution in [-0.4, -0.2) is 25.0 Å². The molecule has 2 aliphatic rings. The third-order valence-electron chi connectivity index (χ3n) is 5.16. The smallest absolute Gasteiger partial charge is 0.328 e. The second-order valence-corrected chi connectivity index (χ2v) is 6.87. The molecule has 2 aliphatic carbocycles. The van der Waals surface area contributed by atoms with Crippen molar-refractivity contribution in [1.82, 2.24) is 5.32 Å². The summed E-state index contributed by atoms with van der Waals surface area (Å²) in [5, 5.41) is 2.95. The van der Waals surface area contributed by atoms with Gasteiger partial charge in [0.05, 0.1) is 13.0 Å². The number of nitrogens with one attached hydrogen (secondary N) is 1. The highest BCUT2D eigenvalue weighted by molar-refractivity contribution is 5.97. The third kappa shape index (κ3) is 2.93. The molecule has 0 radical (unpaired) electrons. The Hall–Kier alpha value is -2.62. The maximum Gasteiger partial charge on any atom is 0.328 e. The predicted molar refractivity (Wildman–Crippen MR) is 95.0 cm³/mol. The molecule has 0 bridgehead atoms. The Bertz CT molecular complexity index is 780. The lowest BCUT2D eigenvalue weighted by molar-refractivity contribution is -0.145. The summed E-state index contributed by atoms with van der Waals surface area (Å²) in [5.41, 5.74) is 4.18. The van der Waals surface area contributed by atoms with E-state index in [1.165, 1.54) is 7.11 Å². The molecule has 0 unspecified atom stereocenters. The minimum atomic E-state index is -0.565. The summed E-state index contributed by atoms with van der Waals surface area (Å²) in [6, 6.07) is 15.4. The van der Waals surface area contributed by atoms with Crippen LogP contribution < -0.4 is 5.32 Å². The number of carbonyl (C=O) groups excluding carboxylic acids is 2. The van der Waals surface area contributed by atoms with Gasteiger partial charge in [0.25, 0.3) is 0 Å². The SMILES string of the molecule is COC(=O)[C@@H](CC1CC1)NC(=O)C1c2ccccc2-c2ccccc21. The monoisotopic (exact) mass is 335 g/mol. The van der Waals surface area contributed by atoms with Gasteiger partial charge in [0.15, 0.2) is 0 Å². The number of hydrogen-bond acceptors (Lipinski definition) is 3. The molecule has 1 amide bonds. The van der Waals surface area contributed by atoms with E-state index in [0.717, 1.165) is 35.1 Å². The fourth-order valence-corrected chi connectivity index (χ4v) is 3.74. The van der Waals surface area contributed by atoms with E-state index in [1.54, 1.807) is 0 Å². The van der Waals surface area contributed by atoms with Crippen LogP contribution in [0.1, 0.15) is 36.3 Å². The Morgan fingerprint density at radius 1 is 1.04 bits per heavy atom. The van der Waals surface area contributed by atoms with Gasteiger partial charge in [0.1, 0.15) is 6.04 Å². The molecule has 4 rings (SSSR count). The van der Waals surface area contributed by atoms with E-state index < -0.39 is 6.04 Å². The standard InChI is InChI=1S/C21H21NO3/c1-25-21(24)18(12-13-10-11-13)22-20(23)19-16-8-4-2-6-14(16)15-7-3-5-9-17(15)19/h2-9,13,18-19H,10-12H2,1H3,(H,22,23)/t18-/m1/s1. The maximum absolute atomic E-state index is 13.1. The number of fused-ring (bicyclic) bond motifs is 3. The summed E-state index contributed by atoms with van der Waals surface area (Å²) in [6.07, 6.45) is 2.91. The van der Waals surface area contributed by atoms with Crippen molar-refractivity contribution in [3.63, 3.8) is 0 Å². The van der Waals surface area contributed by atoms with Gasteiger partial charge in [-0.1, -0.05) is 61.4 Å². The quantitative estimate of drug-likeness (QED) is 0.853. The minimum absolute atomic E-state index is 0.131. The first kappa shape index (κ1) is 15.9. The summed E-state index contributed by atoms with van der Waals surface area (Å²) >= 11 is 0. The van der Waals surface area contributed by atoms with Crippen LogP contribution in [0.3, 0.4) is 0 Å².